The predicted molar refractivity (Wildman–Crippen MR) is 36.3 cm³/mol. The molecule has 0 atom stereocenters. The van der Waals surface area contributed by atoms with Gasteiger partial charge < -0.3 is 0 Å². The molecule has 0 unspecified atom stereocenters. The Balaban J connectivity index is 3.45. The van der Waals surface area contributed by atoms with Crippen LogP contribution in [0, 0.1) is 0 Å². The minimum absolute atomic E-state index is 0.867. The summed E-state index contributed by atoms with van der Waals surface area (Å²) in [7, 11) is -0.867. The summed E-state index contributed by atoms with van der Waals surface area (Å²) in [4.78, 5) is 0. The van der Waals surface area contributed by atoms with E-state index in [1.54, 1.807) is 0 Å². The first kappa shape index (κ1) is 6.17. The molecule has 0 N–H and O–H groups in total. The fraction of sp³-hybridized carbons (Fsp3) is 0.600. The molecule has 0 radical (unpaired) electrons. The van der Waals surface area contributed by atoms with Crippen molar-refractivity contribution in [3.05, 3.63) is 12.4 Å². The van der Waals surface area contributed by atoms with Crippen LogP contribution >= 0.6 is 7.26 Å². The van der Waals surface area contributed by atoms with Crippen LogP contribution in [-0.2, 0) is 0 Å². The quantitative estimate of drug-likeness (QED) is 0.445. The second kappa shape index (κ2) is 1.75. The van der Waals surface area contributed by atoms with Gasteiger partial charge >= 0.3 is 39.7 Å². The van der Waals surface area contributed by atoms with E-state index in [9.17, 15) is 0 Å². The topological polar surface area (TPSA) is 0 Å². The van der Waals surface area contributed by atoms with Crippen molar-refractivity contribution < 1.29 is 0 Å². The van der Waals surface area contributed by atoms with Crippen LogP contribution in [-0.4, -0.2) is 20.0 Å². The van der Waals surface area contributed by atoms with Crippen molar-refractivity contribution >= 4 is 7.26 Å². The van der Waals surface area contributed by atoms with Gasteiger partial charge in [0.1, 0.15) is 0 Å². The van der Waals surface area contributed by atoms with Crippen LogP contribution in [0.4, 0.5) is 0 Å². The summed E-state index contributed by atoms with van der Waals surface area (Å²) in [5, 5.41) is 0. The standard InChI is InChI=1S/C5H13P/c1-5-6(2,3)4/h5-6H,1H2,2-4H3. The third kappa shape index (κ3) is 4.17. The first-order valence-corrected chi connectivity index (χ1v) is 5.77. The summed E-state index contributed by atoms with van der Waals surface area (Å²) >= 11 is 0. The summed E-state index contributed by atoms with van der Waals surface area (Å²) in [5.74, 6) is 2.08. The van der Waals surface area contributed by atoms with E-state index in [4.69, 9.17) is 0 Å². The summed E-state index contributed by atoms with van der Waals surface area (Å²) < 4.78 is 0. The molecule has 0 aliphatic heterocycles. The van der Waals surface area contributed by atoms with Crippen LogP contribution in [0.2, 0.25) is 0 Å². The van der Waals surface area contributed by atoms with Crippen molar-refractivity contribution in [2.24, 2.45) is 0 Å². The monoisotopic (exact) mass is 104 g/mol. The van der Waals surface area contributed by atoms with Gasteiger partial charge in [-0.1, -0.05) is 0 Å². The third-order valence-corrected chi connectivity index (χ3v) is 1.84. The fourth-order valence-corrected chi connectivity index (χ4v) is 0. The molecule has 0 aromatic carbocycles. The van der Waals surface area contributed by atoms with E-state index in [0.717, 1.165) is 0 Å². The minimum atomic E-state index is -0.867. The van der Waals surface area contributed by atoms with Gasteiger partial charge in [0, 0.05) is 0 Å². The molecule has 0 nitrogen and oxygen atoms in total. The predicted octanol–water partition coefficient (Wildman–Crippen LogP) is 1.77. The van der Waals surface area contributed by atoms with Crippen LogP contribution in [0.15, 0.2) is 12.4 Å². The Labute approximate surface area is 40.6 Å². The molecule has 0 amide bonds. The zero-order chi connectivity index (χ0) is 5.21. The van der Waals surface area contributed by atoms with Crippen molar-refractivity contribution in [3.63, 3.8) is 0 Å². The van der Waals surface area contributed by atoms with Gasteiger partial charge in [-0.05, 0) is 0 Å². The van der Waals surface area contributed by atoms with Gasteiger partial charge in [-0.15, -0.1) is 0 Å². The van der Waals surface area contributed by atoms with Crippen molar-refractivity contribution in [1.82, 2.24) is 0 Å². The third-order valence-electron chi connectivity index (χ3n) is 0.612. The fourth-order valence-electron chi connectivity index (χ4n) is 0. The Morgan fingerprint density at radius 1 is 1.33 bits per heavy atom. The van der Waals surface area contributed by atoms with E-state index in [1.165, 1.54) is 0 Å². The van der Waals surface area contributed by atoms with E-state index in [0.29, 0.717) is 0 Å². The average molecular weight is 104 g/mol. The van der Waals surface area contributed by atoms with Gasteiger partial charge in [0.25, 0.3) is 0 Å². The molecule has 0 aliphatic carbocycles. The summed E-state index contributed by atoms with van der Waals surface area (Å²) in [6, 6.07) is 0. The molecule has 0 aliphatic rings. The van der Waals surface area contributed by atoms with Crippen molar-refractivity contribution in [2.45, 2.75) is 0 Å². The zero-order valence-corrected chi connectivity index (χ0v) is 5.78. The van der Waals surface area contributed by atoms with Gasteiger partial charge in [-0.2, -0.15) is 0 Å². The number of hydrogen-bond acceptors (Lipinski definition) is 0. The van der Waals surface area contributed by atoms with E-state index in [2.05, 4.69) is 32.4 Å². The zero-order valence-electron chi connectivity index (χ0n) is 4.78. The van der Waals surface area contributed by atoms with E-state index in [1.807, 2.05) is 0 Å². The molecule has 0 saturated heterocycles. The first-order valence-electron chi connectivity index (χ1n) is 2.20. The molecule has 0 saturated carbocycles. The molecular formula is C5H13P. The maximum atomic E-state index is 3.69. The van der Waals surface area contributed by atoms with Crippen molar-refractivity contribution in [1.29, 1.82) is 0 Å². The van der Waals surface area contributed by atoms with E-state index >= 15 is 0 Å². The Kier molecular flexibility index (Phi) is 1.80. The summed E-state index contributed by atoms with van der Waals surface area (Å²) in [6.45, 7) is 10.5. The SMILES string of the molecule is C=C[PH](C)(C)C. The molecule has 0 spiro atoms. The maximum absolute atomic E-state index is 3.69. The first-order chi connectivity index (χ1) is 2.56. The molecular weight excluding hydrogens is 91.0 g/mol. The van der Waals surface area contributed by atoms with Crippen molar-refractivity contribution in [3.8, 4) is 0 Å². The normalized spacial score (nSPS) is 13.8. The van der Waals surface area contributed by atoms with Crippen molar-refractivity contribution in [2.75, 3.05) is 20.0 Å². The molecule has 0 aromatic heterocycles. The van der Waals surface area contributed by atoms with Gasteiger partial charge in [0.05, 0.1) is 0 Å². The molecule has 0 rings (SSSR count). The second-order valence-corrected chi connectivity index (χ2v) is 7.71. The van der Waals surface area contributed by atoms with Gasteiger partial charge in [-0.3, -0.25) is 0 Å². The van der Waals surface area contributed by atoms with Gasteiger partial charge in [0.15, 0.2) is 0 Å². The van der Waals surface area contributed by atoms with Gasteiger partial charge in [-0.25, -0.2) is 0 Å². The molecule has 0 fully saturated rings. The summed E-state index contributed by atoms with van der Waals surface area (Å²) in [5.41, 5.74) is 0. The molecule has 0 heterocycles. The molecule has 1 heteroatoms. The van der Waals surface area contributed by atoms with E-state index in [-0.39, 0.29) is 0 Å². The average Bonchev–Trinajstić information content (AvgIpc) is 1.35. The van der Waals surface area contributed by atoms with Crippen LogP contribution < -0.4 is 0 Å². The Hall–Kier alpha value is 0.170. The van der Waals surface area contributed by atoms with Gasteiger partial charge in [0.2, 0.25) is 0 Å². The molecule has 38 valence electrons. The van der Waals surface area contributed by atoms with Crippen LogP contribution in [0.25, 0.3) is 0 Å². The molecule has 0 aromatic rings. The summed E-state index contributed by atoms with van der Waals surface area (Å²) in [6.07, 6.45) is 0. The number of hydrogen-bond donors (Lipinski definition) is 0. The Bertz CT molecular complexity index is 49.4. The second-order valence-electron chi connectivity index (χ2n) is 2.57. The Morgan fingerprint density at radius 2 is 1.50 bits per heavy atom. The number of rotatable bonds is 1. The van der Waals surface area contributed by atoms with Crippen LogP contribution in [0.5, 0.6) is 0 Å². The Morgan fingerprint density at radius 3 is 1.50 bits per heavy atom. The van der Waals surface area contributed by atoms with Crippen LogP contribution in [0.3, 0.4) is 0 Å². The molecule has 6 heavy (non-hydrogen) atoms. The molecule has 0 bridgehead atoms. The van der Waals surface area contributed by atoms with E-state index < -0.39 is 7.26 Å². The van der Waals surface area contributed by atoms with Crippen LogP contribution in [0.1, 0.15) is 0 Å².